The Hall–Kier alpha value is -3.32. The highest BCUT2D eigenvalue weighted by Gasteiger charge is 2.22. The van der Waals surface area contributed by atoms with Crippen LogP contribution in [0.5, 0.6) is 0 Å². The maximum atomic E-state index is 12.9. The highest BCUT2D eigenvalue weighted by Crippen LogP contribution is 2.26. The second-order valence-electron chi connectivity index (χ2n) is 7.53. The summed E-state index contributed by atoms with van der Waals surface area (Å²) in [7, 11) is 1.80. The SMILES string of the molecule is Cc1cc(C(=O)NCc2ccc(N(C)C)cc2)ccc1N(C)S(=O)(=O)c1ccccc1. The summed E-state index contributed by atoms with van der Waals surface area (Å²) in [6, 6.07) is 21.3. The summed E-state index contributed by atoms with van der Waals surface area (Å²) in [5.41, 5.74) is 3.80. The molecule has 0 aliphatic carbocycles. The van der Waals surface area contributed by atoms with Gasteiger partial charge in [-0.05, 0) is 60.5 Å². The predicted molar refractivity (Wildman–Crippen MR) is 125 cm³/mol. The Bertz CT molecular complexity index is 1160. The van der Waals surface area contributed by atoms with Crippen molar-refractivity contribution < 1.29 is 13.2 Å². The van der Waals surface area contributed by atoms with Gasteiger partial charge >= 0.3 is 0 Å². The number of carbonyl (C=O) groups is 1. The van der Waals surface area contributed by atoms with E-state index in [1.807, 2.05) is 43.3 Å². The third-order valence-electron chi connectivity index (χ3n) is 5.11. The normalized spacial score (nSPS) is 11.1. The number of nitrogens with zero attached hydrogens (tertiary/aromatic N) is 2. The Balaban J connectivity index is 1.72. The molecule has 162 valence electrons. The molecule has 0 heterocycles. The lowest BCUT2D eigenvalue weighted by molar-refractivity contribution is 0.0951. The maximum absolute atomic E-state index is 12.9. The molecule has 0 saturated heterocycles. The van der Waals surface area contributed by atoms with Crippen molar-refractivity contribution >= 4 is 27.3 Å². The molecule has 31 heavy (non-hydrogen) atoms. The van der Waals surface area contributed by atoms with Crippen molar-refractivity contribution in [3.63, 3.8) is 0 Å². The molecule has 0 aliphatic heterocycles. The number of hydrogen-bond donors (Lipinski definition) is 1. The summed E-state index contributed by atoms with van der Waals surface area (Å²) in [5, 5.41) is 2.91. The number of hydrogen-bond acceptors (Lipinski definition) is 4. The lowest BCUT2D eigenvalue weighted by atomic mass is 10.1. The first-order valence-corrected chi connectivity index (χ1v) is 11.3. The van der Waals surface area contributed by atoms with Crippen molar-refractivity contribution in [2.75, 3.05) is 30.3 Å². The van der Waals surface area contributed by atoms with Gasteiger partial charge in [0, 0.05) is 38.9 Å². The van der Waals surface area contributed by atoms with Crippen LogP contribution in [-0.2, 0) is 16.6 Å². The molecule has 3 aromatic rings. The number of benzene rings is 3. The van der Waals surface area contributed by atoms with E-state index in [2.05, 4.69) is 5.32 Å². The molecule has 0 aliphatic rings. The molecular formula is C24H27N3O3S. The number of carbonyl (C=O) groups excluding carboxylic acids is 1. The van der Waals surface area contributed by atoms with E-state index in [1.54, 1.807) is 55.5 Å². The molecule has 0 unspecified atom stereocenters. The Morgan fingerprint density at radius 3 is 2.13 bits per heavy atom. The second-order valence-corrected chi connectivity index (χ2v) is 9.50. The topological polar surface area (TPSA) is 69.7 Å². The van der Waals surface area contributed by atoms with Crippen LogP contribution in [0.25, 0.3) is 0 Å². The highest BCUT2D eigenvalue weighted by atomic mass is 32.2. The minimum atomic E-state index is -3.67. The van der Waals surface area contributed by atoms with Crippen LogP contribution in [0.1, 0.15) is 21.5 Å². The molecule has 0 aromatic heterocycles. The van der Waals surface area contributed by atoms with Crippen LogP contribution in [-0.4, -0.2) is 35.5 Å². The quantitative estimate of drug-likeness (QED) is 0.610. The van der Waals surface area contributed by atoms with E-state index in [0.29, 0.717) is 23.4 Å². The van der Waals surface area contributed by atoms with Gasteiger partial charge in [0.2, 0.25) is 0 Å². The van der Waals surface area contributed by atoms with Gasteiger partial charge in [0.1, 0.15) is 0 Å². The van der Waals surface area contributed by atoms with E-state index in [-0.39, 0.29) is 10.8 Å². The first kappa shape index (κ1) is 22.4. The average Bonchev–Trinajstić information content (AvgIpc) is 2.77. The summed E-state index contributed by atoms with van der Waals surface area (Å²) in [5.74, 6) is -0.208. The summed E-state index contributed by atoms with van der Waals surface area (Å²) >= 11 is 0. The van der Waals surface area contributed by atoms with Gasteiger partial charge < -0.3 is 10.2 Å². The van der Waals surface area contributed by atoms with Crippen LogP contribution in [0.15, 0.2) is 77.7 Å². The maximum Gasteiger partial charge on any atom is 0.264 e. The van der Waals surface area contributed by atoms with Crippen LogP contribution in [0.3, 0.4) is 0 Å². The fourth-order valence-corrected chi connectivity index (χ4v) is 4.51. The van der Waals surface area contributed by atoms with E-state index >= 15 is 0 Å². The van der Waals surface area contributed by atoms with E-state index in [9.17, 15) is 13.2 Å². The minimum Gasteiger partial charge on any atom is -0.378 e. The molecular weight excluding hydrogens is 410 g/mol. The van der Waals surface area contributed by atoms with Crippen molar-refractivity contribution in [3.8, 4) is 0 Å². The third kappa shape index (κ3) is 5.06. The fourth-order valence-electron chi connectivity index (χ4n) is 3.23. The first-order valence-electron chi connectivity index (χ1n) is 9.89. The van der Waals surface area contributed by atoms with Crippen molar-refractivity contribution in [1.29, 1.82) is 0 Å². The number of amides is 1. The van der Waals surface area contributed by atoms with Gasteiger partial charge in [-0.3, -0.25) is 9.10 Å². The first-order chi connectivity index (χ1) is 14.7. The minimum absolute atomic E-state index is 0.208. The molecule has 0 fully saturated rings. The van der Waals surface area contributed by atoms with Crippen molar-refractivity contribution in [3.05, 3.63) is 89.5 Å². The van der Waals surface area contributed by atoms with E-state index < -0.39 is 10.0 Å². The van der Waals surface area contributed by atoms with Gasteiger partial charge in [0.25, 0.3) is 15.9 Å². The predicted octanol–water partition coefficient (Wildman–Crippen LogP) is 3.82. The number of anilines is 2. The van der Waals surface area contributed by atoms with Gasteiger partial charge in [-0.15, -0.1) is 0 Å². The van der Waals surface area contributed by atoms with E-state index in [1.165, 1.54) is 11.4 Å². The largest absolute Gasteiger partial charge is 0.378 e. The molecule has 7 heteroatoms. The molecule has 3 aromatic carbocycles. The summed E-state index contributed by atoms with van der Waals surface area (Å²) < 4.78 is 27.0. The van der Waals surface area contributed by atoms with Crippen LogP contribution >= 0.6 is 0 Å². The summed E-state index contributed by atoms with van der Waals surface area (Å²) in [6.07, 6.45) is 0. The van der Waals surface area contributed by atoms with Crippen LogP contribution < -0.4 is 14.5 Å². The Morgan fingerprint density at radius 1 is 0.903 bits per heavy atom. The zero-order valence-corrected chi connectivity index (χ0v) is 19.0. The molecule has 0 bridgehead atoms. The highest BCUT2D eigenvalue weighted by molar-refractivity contribution is 7.92. The van der Waals surface area contributed by atoms with Gasteiger partial charge in [-0.1, -0.05) is 30.3 Å². The van der Waals surface area contributed by atoms with Crippen LogP contribution in [0, 0.1) is 6.92 Å². The zero-order valence-electron chi connectivity index (χ0n) is 18.2. The molecule has 3 rings (SSSR count). The number of sulfonamides is 1. The molecule has 0 spiro atoms. The van der Waals surface area contributed by atoms with Gasteiger partial charge in [0.15, 0.2) is 0 Å². The third-order valence-corrected chi connectivity index (χ3v) is 6.89. The Morgan fingerprint density at radius 2 is 1.55 bits per heavy atom. The molecule has 0 radical (unpaired) electrons. The Labute approximate surface area is 184 Å². The van der Waals surface area contributed by atoms with Gasteiger partial charge in [-0.2, -0.15) is 0 Å². The molecule has 0 atom stereocenters. The number of nitrogens with one attached hydrogen (secondary N) is 1. The summed E-state index contributed by atoms with van der Waals surface area (Å²) in [4.78, 5) is 14.8. The smallest absolute Gasteiger partial charge is 0.264 e. The zero-order chi connectivity index (χ0) is 22.6. The van der Waals surface area contributed by atoms with Crippen molar-refractivity contribution in [1.82, 2.24) is 5.32 Å². The van der Waals surface area contributed by atoms with Gasteiger partial charge in [-0.25, -0.2) is 8.42 Å². The molecule has 1 amide bonds. The average molecular weight is 438 g/mol. The Kier molecular flexibility index (Phi) is 6.65. The molecule has 6 nitrogen and oxygen atoms in total. The molecule has 1 N–H and O–H groups in total. The van der Waals surface area contributed by atoms with Crippen LogP contribution in [0.2, 0.25) is 0 Å². The van der Waals surface area contributed by atoms with E-state index in [0.717, 1.165) is 11.3 Å². The standard InChI is InChI=1S/C24H27N3O3S/c1-18-16-20(24(28)25-17-19-10-13-21(14-11-19)26(2)3)12-15-23(18)27(4)31(29,30)22-8-6-5-7-9-22/h5-16H,17H2,1-4H3,(H,25,28). The van der Waals surface area contributed by atoms with Crippen molar-refractivity contribution in [2.45, 2.75) is 18.4 Å². The summed E-state index contributed by atoms with van der Waals surface area (Å²) in [6.45, 7) is 2.21. The number of rotatable bonds is 7. The second kappa shape index (κ2) is 9.22. The lowest BCUT2D eigenvalue weighted by Crippen LogP contribution is -2.27. The van der Waals surface area contributed by atoms with Crippen LogP contribution in [0.4, 0.5) is 11.4 Å². The van der Waals surface area contributed by atoms with Crippen molar-refractivity contribution in [2.24, 2.45) is 0 Å². The van der Waals surface area contributed by atoms with E-state index in [4.69, 9.17) is 0 Å². The molecule has 0 saturated carbocycles. The van der Waals surface area contributed by atoms with Gasteiger partial charge in [0.05, 0.1) is 10.6 Å². The number of aryl methyl sites for hydroxylation is 1. The fraction of sp³-hybridized carbons (Fsp3) is 0.208. The monoisotopic (exact) mass is 437 g/mol. The lowest BCUT2D eigenvalue weighted by Gasteiger charge is -2.22.